The van der Waals surface area contributed by atoms with Crippen LogP contribution >= 0.6 is 11.6 Å². The molecule has 0 saturated heterocycles. The Hall–Kier alpha value is -0.640. The number of rotatable bonds is 4. The molecule has 1 fully saturated rings. The highest BCUT2D eigenvalue weighted by atomic mass is 35.5. The molecule has 0 heterocycles. The van der Waals surface area contributed by atoms with Crippen LogP contribution in [0.15, 0.2) is 18.2 Å². The minimum absolute atomic E-state index is 0.126. The standard InChI is InChI=1S/C13H18ClFN2/c1-13(2)7-10(13)12(17-16)5-8-3-4-9(14)6-11(8)15/h3-4,6,10,12,17H,5,7,16H2,1-2H3. The molecule has 94 valence electrons. The number of nitrogens with one attached hydrogen (secondary N) is 1. The molecule has 1 aliphatic carbocycles. The Bertz CT molecular complexity index is 420. The maximum absolute atomic E-state index is 13.7. The fraction of sp³-hybridized carbons (Fsp3) is 0.538. The fourth-order valence-electron chi connectivity index (χ4n) is 2.44. The Morgan fingerprint density at radius 3 is 2.71 bits per heavy atom. The van der Waals surface area contributed by atoms with Gasteiger partial charge in [0.05, 0.1) is 0 Å². The molecule has 1 aromatic carbocycles. The number of hydrogen-bond donors (Lipinski definition) is 2. The van der Waals surface area contributed by atoms with Crippen LogP contribution in [-0.4, -0.2) is 6.04 Å². The maximum atomic E-state index is 13.7. The summed E-state index contributed by atoms with van der Waals surface area (Å²) in [6.45, 7) is 4.42. The zero-order valence-corrected chi connectivity index (χ0v) is 10.9. The Morgan fingerprint density at radius 2 is 2.24 bits per heavy atom. The minimum Gasteiger partial charge on any atom is -0.271 e. The summed E-state index contributed by atoms with van der Waals surface area (Å²) in [6, 6.07) is 4.92. The molecule has 2 rings (SSSR count). The Labute approximate surface area is 106 Å². The smallest absolute Gasteiger partial charge is 0.127 e. The van der Waals surface area contributed by atoms with Crippen LogP contribution in [0.1, 0.15) is 25.8 Å². The molecule has 0 amide bonds. The Balaban J connectivity index is 2.09. The first-order valence-corrected chi connectivity index (χ1v) is 6.22. The minimum atomic E-state index is -0.254. The molecule has 2 nitrogen and oxygen atoms in total. The van der Waals surface area contributed by atoms with Crippen LogP contribution in [0.4, 0.5) is 4.39 Å². The predicted octanol–water partition coefficient (Wildman–Crippen LogP) is 2.90. The van der Waals surface area contributed by atoms with Crippen molar-refractivity contribution in [2.75, 3.05) is 0 Å². The van der Waals surface area contributed by atoms with Gasteiger partial charge in [-0.15, -0.1) is 0 Å². The highest BCUT2D eigenvalue weighted by molar-refractivity contribution is 6.30. The average Bonchev–Trinajstić information content (AvgIpc) is 2.86. The van der Waals surface area contributed by atoms with Crippen LogP contribution in [0.5, 0.6) is 0 Å². The molecule has 0 aliphatic heterocycles. The predicted molar refractivity (Wildman–Crippen MR) is 68.1 cm³/mol. The van der Waals surface area contributed by atoms with Gasteiger partial charge in [-0.2, -0.15) is 0 Å². The van der Waals surface area contributed by atoms with Gasteiger partial charge in [-0.25, -0.2) is 4.39 Å². The van der Waals surface area contributed by atoms with E-state index < -0.39 is 0 Å². The van der Waals surface area contributed by atoms with Gasteiger partial charge in [-0.3, -0.25) is 11.3 Å². The van der Waals surface area contributed by atoms with Crippen molar-refractivity contribution in [2.45, 2.75) is 32.7 Å². The summed E-state index contributed by atoms with van der Waals surface area (Å²) in [4.78, 5) is 0. The third-order valence-corrected chi connectivity index (χ3v) is 3.98. The first-order chi connectivity index (χ1) is 7.94. The number of hydrazine groups is 1. The molecular formula is C13H18ClFN2. The van der Waals surface area contributed by atoms with E-state index in [1.807, 2.05) is 0 Å². The summed E-state index contributed by atoms with van der Waals surface area (Å²) < 4.78 is 13.7. The van der Waals surface area contributed by atoms with Crippen LogP contribution in [-0.2, 0) is 6.42 Å². The van der Waals surface area contributed by atoms with E-state index in [9.17, 15) is 4.39 Å². The maximum Gasteiger partial charge on any atom is 0.127 e. The zero-order valence-electron chi connectivity index (χ0n) is 10.1. The van der Waals surface area contributed by atoms with Crippen molar-refractivity contribution in [2.24, 2.45) is 17.2 Å². The number of halogens is 2. The number of benzene rings is 1. The van der Waals surface area contributed by atoms with Gasteiger partial charge in [0.25, 0.3) is 0 Å². The second-order valence-electron chi connectivity index (χ2n) is 5.51. The molecule has 1 aliphatic rings. The summed E-state index contributed by atoms with van der Waals surface area (Å²) in [6.07, 6.45) is 1.74. The monoisotopic (exact) mass is 256 g/mol. The van der Waals surface area contributed by atoms with Gasteiger partial charge in [0.2, 0.25) is 0 Å². The lowest BCUT2D eigenvalue weighted by Gasteiger charge is -2.18. The van der Waals surface area contributed by atoms with Gasteiger partial charge < -0.3 is 0 Å². The Kier molecular flexibility index (Phi) is 3.43. The van der Waals surface area contributed by atoms with E-state index in [0.29, 0.717) is 28.3 Å². The molecule has 2 atom stereocenters. The molecule has 17 heavy (non-hydrogen) atoms. The molecular weight excluding hydrogens is 239 g/mol. The van der Waals surface area contributed by atoms with Crippen molar-refractivity contribution in [3.63, 3.8) is 0 Å². The lowest BCUT2D eigenvalue weighted by atomic mass is 9.97. The first-order valence-electron chi connectivity index (χ1n) is 5.84. The van der Waals surface area contributed by atoms with E-state index in [1.54, 1.807) is 12.1 Å². The molecule has 0 aromatic heterocycles. The van der Waals surface area contributed by atoms with Crippen molar-refractivity contribution in [1.29, 1.82) is 0 Å². The molecule has 2 unspecified atom stereocenters. The second-order valence-corrected chi connectivity index (χ2v) is 5.95. The SMILES string of the molecule is CC1(C)CC1C(Cc1ccc(Cl)cc1F)NN. The number of hydrogen-bond acceptors (Lipinski definition) is 2. The van der Waals surface area contributed by atoms with Crippen molar-refractivity contribution in [1.82, 2.24) is 5.43 Å². The van der Waals surface area contributed by atoms with Gasteiger partial charge in [0.15, 0.2) is 0 Å². The van der Waals surface area contributed by atoms with Gasteiger partial charge in [0.1, 0.15) is 5.82 Å². The van der Waals surface area contributed by atoms with Crippen LogP contribution in [0.2, 0.25) is 5.02 Å². The first kappa shape index (κ1) is 12.8. The second kappa shape index (κ2) is 4.56. The Morgan fingerprint density at radius 1 is 1.59 bits per heavy atom. The molecule has 0 radical (unpaired) electrons. The van der Waals surface area contributed by atoms with E-state index in [-0.39, 0.29) is 11.9 Å². The van der Waals surface area contributed by atoms with Gasteiger partial charge in [-0.05, 0) is 41.9 Å². The zero-order chi connectivity index (χ0) is 12.6. The summed E-state index contributed by atoms with van der Waals surface area (Å²) in [5.74, 6) is 5.83. The lowest BCUT2D eigenvalue weighted by Crippen LogP contribution is -2.39. The summed E-state index contributed by atoms with van der Waals surface area (Å²) in [5.41, 5.74) is 3.80. The van der Waals surface area contributed by atoms with Crippen molar-refractivity contribution in [3.05, 3.63) is 34.6 Å². The van der Waals surface area contributed by atoms with E-state index in [2.05, 4.69) is 19.3 Å². The van der Waals surface area contributed by atoms with Crippen LogP contribution in [0.25, 0.3) is 0 Å². The molecule has 0 spiro atoms. The van der Waals surface area contributed by atoms with E-state index >= 15 is 0 Å². The van der Waals surface area contributed by atoms with Crippen molar-refractivity contribution < 1.29 is 4.39 Å². The summed E-state index contributed by atoms with van der Waals surface area (Å²) in [5, 5.41) is 0.426. The molecule has 1 aromatic rings. The van der Waals surface area contributed by atoms with Crippen molar-refractivity contribution >= 4 is 11.6 Å². The van der Waals surface area contributed by atoms with Crippen molar-refractivity contribution in [3.8, 4) is 0 Å². The molecule has 1 saturated carbocycles. The summed E-state index contributed by atoms with van der Waals surface area (Å²) in [7, 11) is 0. The molecule has 0 bridgehead atoms. The summed E-state index contributed by atoms with van der Waals surface area (Å²) >= 11 is 5.73. The van der Waals surface area contributed by atoms with Crippen LogP contribution in [0, 0.1) is 17.2 Å². The average molecular weight is 257 g/mol. The highest BCUT2D eigenvalue weighted by Crippen LogP contribution is 2.53. The number of nitrogens with two attached hydrogens (primary N) is 1. The lowest BCUT2D eigenvalue weighted by molar-refractivity contribution is 0.404. The van der Waals surface area contributed by atoms with Gasteiger partial charge in [0, 0.05) is 11.1 Å². The fourth-order valence-corrected chi connectivity index (χ4v) is 2.60. The molecule has 3 N–H and O–H groups in total. The van der Waals surface area contributed by atoms with Gasteiger partial charge >= 0.3 is 0 Å². The topological polar surface area (TPSA) is 38.0 Å². The van der Waals surface area contributed by atoms with E-state index in [4.69, 9.17) is 17.4 Å². The normalized spacial score (nSPS) is 23.5. The third-order valence-electron chi connectivity index (χ3n) is 3.74. The van der Waals surface area contributed by atoms with Gasteiger partial charge in [-0.1, -0.05) is 31.5 Å². The van der Waals surface area contributed by atoms with Crippen LogP contribution in [0.3, 0.4) is 0 Å². The van der Waals surface area contributed by atoms with E-state index in [1.165, 1.54) is 6.07 Å². The largest absolute Gasteiger partial charge is 0.271 e. The highest BCUT2D eigenvalue weighted by Gasteiger charge is 2.49. The quantitative estimate of drug-likeness (QED) is 0.642. The molecule has 4 heteroatoms. The third kappa shape index (κ3) is 2.79. The van der Waals surface area contributed by atoms with E-state index in [0.717, 1.165) is 6.42 Å². The van der Waals surface area contributed by atoms with Crippen LogP contribution < -0.4 is 11.3 Å².